The molecule has 1 N–H and O–H groups in total. The normalized spacial score (nSPS) is 22.5. The van der Waals surface area contributed by atoms with Crippen LogP contribution in [0.5, 0.6) is 0 Å². The van der Waals surface area contributed by atoms with Gasteiger partial charge in [-0.2, -0.15) is 0 Å². The highest BCUT2D eigenvalue weighted by molar-refractivity contribution is 5.37. The van der Waals surface area contributed by atoms with Gasteiger partial charge in [0, 0.05) is 18.6 Å². The summed E-state index contributed by atoms with van der Waals surface area (Å²) in [6.07, 6.45) is 3.66. The van der Waals surface area contributed by atoms with Crippen LogP contribution in [0.15, 0.2) is 24.3 Å². The second kappa shape index (κ2) is 7.95. The van der Waals surface area contributed by atoms with Crippen molar-refractivity contribution < 1.29 is 0 Å². The monoisotopic (exact) mass is 288 g/mol. The van der Waals surface area contributed by atoms with Crippen LogP contribution in [0.4, 0.5) is 0 Å². The first-order valence-electron chi connectivity index (χ1n) is 8.76. The van der Waals surface area contributed by atoms with E-state index in [9.17, 15) is 0 Å². The molecule has 2 heteroatoms. The Kier molecular flexibility index (Phi) is 6.25. The Bertz CT molecular complexity index is 429. The Balaban J connectivity index is 2.17. The summed E-state index contributed by atoms with van der Waals surface area (Å²) in [7, 11) is 0. The van der Waals surface area contributed by atoms with E-state index in [0.717, 1.165) is 19.0 Å². The average molecular weight is 288 g/mol. The molecule has 2 rings (SSSR count). The Morgan fingerprint density at radius 2 is 2.00 bits per heavy atom. The number of benzene rings is 1. The van der Waals surface area contributed by atoms with Crippen molar-refractivity contribution in [3.8, 4) is 0 Å². The minimum atomic E-state index is 0.505. The molecule has 2 nitrogen and oxygen atoms in total. The first kappa shape index (κ1) is 16.5. The molecule has 0 saturated carbocycles. The number of fused-ring (bicyclic) bond motifs is 1. The van der Waals surface area contributed by atoms with E-state index < -0.39 is 0 Å². The zero-order valence-electron chi connectivity index (χ0n) is 14.2. The molecule has 0 saturated heterocycles. The van der Waals surface area contributed by atoms with Crippen molar-refractivity contribution in [2.45, 2.75) is 59.0 Å². The molecule has 0 radical (unpaired) electrons. The van der Waals surface area contributed by atoms with E-state index in [1.807, 2.05) is 0 Å². The number of nitrogens with zero attached hydrogens (tertiary/aromatic N) is 1. The molecule has 3 atom stereocenters. The molecule has 0 aliphatic heterocycles. The molecule has 1 aromatic carbocycles. The molecule has 3 unspecified atom stereocenters. The third-order valence-corrected chi connectivity index (χ3v) is 4.94. The zero-order chi connectivity index (χ0) is 15.2. The van der Waals surface area contributed by atoms with Gasteiger partial charge in [-0.05, 0) is 43.0 Å². The summed E-state index contributed by atoms with van der Waals surface area (Å²) in [6.45, 7) is 12.7. The Morgan fingerprint density at radius 1 is 1.24 bits per heavy atom. The smallest absolute Gasteiger partial charge is 0.0484 e. The number of rotatable bonds is 8. The van der Waals surface area contributed by atoms with Gasteiger partial charge >= 0.3 is 0 Å². The van der Waals surface area contributed by atoms with Crippen molar-refractivity contribution in [1.82, 2.24) is 10.2 Å². The maximum absolute atomic E-state index is 3.80. The Morgan fingerprint density at radius 3 is 2.67 bits per heavy atom. The summed E-state index contributed by atoms with van der Waals surface area (Å²) < 4.78 is 0. The lowest BCUT2D eigenvalue weighted by atomic mass is 10.0. The minimum absolute atomic E-state index is 0.505. The summed E-state index contributed by atoms with van der Waals surface area (Å²) in [5, 5.41) is 3.80. The molecular weight excluding hydrogens is 256 g/mol. The van der Waals surface area contributed by atoms with Crippen LogP contribution in [-0.2, 0) is 6.42 Å². The molecule has 0 spiro atoms. The fourth-order valence-electron chi connectivity index (χ4n) is 3.49. The van der Waals surface area contributed by atoms with Gasteiger partial charge in [0.05, 0.1) is 0 Å². The number of nitrogens with one attached hydrogen (secondary N) is 1. The van der Waals surface area contributed by atoms with Gasteiger partial charge in [0.2, 0.25) is 0 Å². The quantitative estimate of drug-likeness (QED) is 0.777. The maximum Gasteiger partial charge on any atom is 0.0484 e. The lowest BCUT2D eigenvalue weighted by Gasteiger charge is -2.34. The van der Waals surface area contributed by atoms with E-state index in [4.69, 9.17) is 0 Å². The van der Waals surface area contributed by atoms with E-state index in [0.29, 0.717) is 12.1 Å². The van der Waals surface area contributed by atoms with Crippen LogP contribution >= 0.6 is 0 Å². The predicted octanol–water partition coefficient (Wildman–Crippen LogP) is 4.02. The predicted molar refractivity (Wildman–Crippen MR) is 91.7 cm³/mol. The lowest BCUT2D eigenvalue weighted by molar-refractivity contribution is 0.151. The second-order valence-electron chi connectivity index (χ2n) is 6.50. The van der Waals surface area contributed by atoms with Gasteiger partial charge in [-0.1, -0.05) is 58.4 Å². The van der Waals surface area contributed by atoms with Crippen LogP contribution in [0.1, 0.15) is 57.7 Å². The molecule has 0 fully saturated rings. The largest absolute Gasteiger partial charge is 0.309 e. The van der Waals surface area contributed by atoms with Gasteiger partial charge in [0.15, 0.2) is 0 Å². The highest BCUT2D eigenvalue weighted by Crippen LogP contribution is 2.34. The molecule has 0 heterocycles. The molecular formula is C19H32N2. The van der Waals surface area contributed by atoms with Crippen molar-refractivity contribution in [1.29, 1.82) is 0 Å². The number of likely N-dealkylation sites (N-methyl/N-ethyl adjacent to an activating group) is 1. The van der Waals surface area contributed by atoms with Gasteiger partial charge in [0.1, 0.15) is 0 Å². The van der Waals surface area contributed by atoms with Crippen LogP contribution in [-0.4, -0.2) is 30.6 Å². The SMILES string of the molecule is CCCNC1c2ccccc2CC1N(CC)CC(C)CC. The Hall–Kier alpha value is -0.860. The van der Waals surface area contributed by atoms with Crippen LogP contribution < -0.4 is 5.32 Å². The Labute approximate surface area is 130 Å². The minimum Gasteiger partial charge on any atom is -0.309 e. The van der Waals surface area contributed by atoms with Crippen LogP contribution in [0.2, 0.25) is 0 Å². The summed E-state index contributed by atoms with van der Waals surface area (Å²) in [5.74, 6) is 0.778. The molecule has 0 bridgehead atoms. The van der Waals surface area contributed by atoms with Crippen LogP contribution in [0.25, 0.3) is 0 Å². The van der Waals surface area contributed by atoms with E-state index in [1.54, 1.807) is 5.56 Å². The summed E-state index contributed by atoms with van der Waals surface area (Å²) in [6, 6.07) is 10.1. The van der Waals surface area contributed by atoms with Gasteiger partial charge in [-0.3, -0.25) is 4.90 Å². The molecule has 118 valence electrons. The fourth-order valence-corrected chi connectivity index (χ4v) is 3.49. The standard InChI is InChI=1S/C19H32N2/c1-5-12-20-19-17-11-9-8-10-16(17)13-18(19)21(7-3)14-15(4)6-2/h8-11,15,18-20H,5-7,12-14H2,1-4H3. The van der Waals surface area contributed by atoms with Gasteiger partial charge in [-0.15, -0.1) is 0 Å². The zero-order valence-corrected chi connectivity index (χ0v) is 14.2. The highest BCUT2D eigenvalue weighted by atomic mass is 15.2. The van der Waals surface area contributed by atoms with Gasteiger partial charge in [0.25, 0.3) is 0 Å². The fraction of sp³-hybridized carbons (Fsp3) is 0.684. The van der Waals surface area contributed by atoms with Crippen molar-refractivity contribution >= 4 is 0 Å². The van der Waals surface area contributed by atoms with Crippen LogP contribution in [0, 0.1) is 5.92 Å². The first-order valence-corrected chi connectivity index (χ1v) is 8.76. The molecule has 0 aromatic heterocycles. The van der Waals surface area contributed by atoms with E-state index in [2.05, 4.69) is 62.2 Å². The van der Waals surface area contributed by atoms with E-state index in [-0.39, 0.29) is 0 Å². The third-order valence-electron chi connectivity index (χ3n) is 4.94. The topological polar surface area (TPSA) is 15.3 Å². The molecule has 1 aliphatic rings. The summed E-state index contributed by atoms with van der Waals surface area (Å²) in [5.41, 5.74) is 3.07. The lowest BCUT2D eigenvalue weighted by Crippen LogP contribution is -2.44. The van der Waals surface area contributed by atoms with Crippen molar-refractivity contribution in [2.24, 2.45) is 5.92 Å². The average Bonchev–Trinajstić information content (AvgIpc) is 2.88. The maximum atomic E-state index is 3.80. The van der Waals surface area contributed by atoms with E-state index in [1.165, 1.54) is 31.4 Å². The molecule has 21 heavy (non-hydrogen) atoms. The number of hydrogen-bond donors (Lipinski definition) is 1. The van der Waals surface area contributed by atoms with E-state index >= 15 is 0 Å². The van der Waals surface area contributed by atoms with Gasteiger partial charge < -0.3 is 5.32 Å². The third kappa shape index (κ3) is 3.87. The molecule has 1 aliphatic carbocycles. The summed E-state index contributed by atoms with van der Waals surface area (Å²) in [4.78, 5) is 2.70. The van der Waals surface area contributed by atoms with Crippen molar-refractivity contribution in [2.75, 3.05) is 19.6 Å². The van der Waals surface area contributed by atoms with Crippen molar-refractivity contribution in [3.63, 3.8) is 0 Å². The molecule has 1 aromatic rings. The van der Waals surface area contributed by atoms with Gasteiger partial charge in [-0.25, -0.2) is 0 Å². The van der Waals surface area contributed by atoms with Crippen LogP contribution in [0.3, 0.4) is 0 Å². The van der Waals surface area contributed by atoms with Crippen molar-refractivity contribution in [3.05, 3.63) is 35.4 Å². The second-order valence-corrected chi connectivity index (χ2v) is 6.50. The highest BCUT2D eigenvalue weighted by Gasteiger charge is 2.35. The number of hydrogen-bond acceptors (Lipinski definition) is 2. The molecule has 0 amide bonds. The summed E-state index contributed by atoms with van der Waals surface area (Å²) >= 11 is 0. The first-order chi connectivity index (χ1) is 10.2.